The van der Waals surface area contributed by atoms with E-state index in [1.807, 2.05) is 30.6 Å². The number of fused-ring (bicyclic) bond motifs is 1. The SMILES string of the molecule is c1cncc(-c2cnn3cccnc23)c1. The maximum atomic E-state index is 4.29. The van der Waals surface area contributed by atoms with E-state index >= 15 is 0 Å². The molecule has 4 nitrogen and oxygen atoms in total. The summed E-state index contributed by atoms with van der Waals surface area (Å²) in [5, 5.41) is 4.22. The second-order valence-corrected chi connectivity index (χ2v) is 3.19. The molecule has 0 spiro atoms. The van der Waals surface area contributed by atoms with Crippen molar-refractivity contribution in [2.75, 3.05) is 0 Å². The summed E-state index contributed by atoms with van der Waals surface area (Å²) in [7, 11) is 0. The van der Waals surface area contributed by atoms with Crippen molar-refractivity contribution in [2.24, 2.45) is 0 Å². The molecule has 0 aliphatic carbocycles. The van der Waals surface area contributed by atoms with E-state index in [1.54, 1.807) is 23.1 Å². The Bertz CT molecular complexity index is 586. The summed E-state index contributed by atoms with van der Waals surface area (Å²) in [5.74, 6) is 0. The molecule has 0 aliphatic heterocycles. The van der Waals surface area contributed by atoms with Crippen molar-refractivity contribution in [3.63, 3.8) is 0 Å². The van der Waals surface area contributed by atoms with Crippen molar-refractivity contribution in [3.05, 3.63) is 49.2 Å². The van der Waals surface area contributed by atoms with Gasteiger partial charge in [-0.05, 0) is 12.1 Å². The Kier molecular flexibility index (Phi) is 1.71. The molecular weight excluding hydrogens is 188 g/mol. The minimum atomic E-state index is 0.852. The average Bonchev–Trinajstić information content (AvgIpc) is 2.74. The fourth-order valence-electron chi connectivity index (χ4n) is 1.55. The van der Waals surface area contributed by atoms with Crippen LogP contribution in [0.25, 0.3) is 16.8 Å². The average molecular weight is 196 g/mol. The second kappa shape index (κ2) is 3.16. The maximum absolute atomic E-state index is 4.29. The lowest BCUT2D eigenvalue weighted by Gasteiger charge is -1.96. The molecule has 0 bridgehead atoms. The van der Waals surface area contributed by atoms with Gasteiger partial charge in [0.25, 0.3) is 0 Å². The van der Waals surface area contributed by atoms with Gasteiger partial charge in [-0.15, -0.1) is 0 Å². The number of hydrogen-bond donors (Lipinski definition) is 0. The molecule has 4 heteroatoms. The van der Waals surface area contributed by atoms with Gasteiger partial charge in [-0.3, -0.25) is 4.98 Å². The maximum Gasteiger partial charge on any atom is 0.162 e. The minimum Gasteiger partial charge on any atom is -0.264 e. The third-order valence-corrected chi connectivity index (χ3v) is 2.25. The molecular formula is C11H8N4. The Hall–Kier alpha value is -2.23. The highest BCUT2D eigenvalue weighted by atomic mass is 15.2. The van der Waals surface area contributed by atoms with Crippen molar-refractivity contribution in [2.45, 2.75) is 0 Å². The fraction of sp³-hybridized carbons (Fsp3) is 0. The minimum absolute atomic E-state index is 0.852. The van der Waals surface area contributed by atoms with Gasteiger partial charge in [0.1, 0.15) is 0 Å². The topological polar surface area (TPSA) is 43.1 Å². The number of pyridine rings is 1. The van der Waals surface area contributed by atoms with Crippen molar-refractivity contribution in [3.8, 4) is 11.1 Å². The van der Waals surface area contributed by atoms with Crippen LogP contribution >= 0.6 is 0 Å². The van der Waals surface area contributed by atoms with Gasteiger partial charge in [0.15, 0.2) is 5.65 Å². The predicted octanol–water partition coefficient (Wildman–Crippen LogP) is 1.79. The molecule has 0 N–H and O–H groups in total. The van der Waals surface area contributed by atoms with Crippen LogP contribution in [-0.2, 0) is 0 Å². The van der Waals surface area contributed by atoms with E-state index in [4.69, 9.17) is 0 Å². The quantitative estimate of drug-likeness (QED) is 0.596. The standard InChI is InChI=1S/C11H8N4/c1-3-9(7-12-4-1)10-8-14-15-6-2-5-13-11(10)15/h1-8H. The van der Waals surface area contributed by atoms with Crippen LogP contribution < -0.4 is 0 Å². The molecule has 0 atom stereocenters. The van der Waals surface area contributed by atoms with Gasteiger partial charge in [0.2, 0.25) is 0 Å². The van der Waals surface area contributed by atoms with Gasteiger partial charge in [-0.2, -0.15) is 5.10 Å². The van der Waals surface area contributed by atoms with Crippen molar-refractivity contribution in [1.82, 2.24) is 19.6 Å². The van der Waals surface area contributed by atoms with Crippen LogP contribution in [0, 0.1) is 0 Å². The highest BCUT2D eigenvalue weighted by Crippen LogP contribution is 2.21. The Morgan fingerprint density at radius 3 is 2.93 bits per heavy atom. The van der Waals surface area contributed by atoms with E-state index in [2.05, 4.69) is 15.1 Å². The largest absolute Gasteiger partial charge is 0.264 e. The Labute approximate surface area is 86.2 Å². The lowest BCUT2D eigenvalue weighted by Crippen LogP contribution is -1.87. The van der Waals surface area contributed by atoms with Crippen LogP contribution in [0.1, 0.15) is 0 Å². The van der Waals surface area contributed by atoms with E-state index in [0.29, 0.717) is 0 Å². The van der Waals surface area contributed by atoms with Gasteiger partial charge in [-0.1, -0.05) is 6.07 Å². The molecule has 3 aromatic rings. The molecule has 3 aromatic heterocycles. The van der Waals surface area contributed by atoms with Gasteiger partial charge < -0.3 is 0 Å². The van der Waals surface area contributed by atoms with Crippen molar-refractivity contribution < 1.29 is 0 Å². The summed E-state index contributed by atoms with van der Waals surface area (Å²) >= 11 is 0. The molecule has 0 amide bonds. The molecule has 0 radical (unpaired) electrons. The molecule has 15 heavy (non-hydrogen) atoms. The van der Waals surface area contributed by atoms with E-state index in [0.717, 1.165) is 16.8 Å². The van der Waals surface area contributed by atoms with Crippen LogP contribution in [0.3, 0.4) is 0 Å². The summed E-state index contributed by atoms with van der Waals surface area (Å²) in [6, 6.07) is 5.76. The zero-order valence-electron chi connectivity index (χ0n) is 7.91. The van der Waals surface area contributed by atoms with E-state index in [9.17, 15) is 0 Å². The molecule has 0 saturated heterocycles. The van der Waals surface area contributed by atoms with Gasteiger partial charge in [-0.25, -0.2) is 9.50 Å². The van der Waals surface area contributed by atoms with Gasteiger partial charge in [0.05, 0.1) is 6.20 Å². The highest BCUT2D eigenvalue weighted by Gasteiger charge is 2.06. The van der Waals surface area contributed by atoms with Crippen LogP contribution in [0.2, 0.25) is 0 Å². The number of hydrogen-bond acceptors (Lipinski definition) is 3. The third-order valence-electron chi connectivity index (χ3n) is 2.25. The molecule has 0 unspecified atom stereocenters. The van der Waals surface area contributed by atoms with E-state index in [1.165, 1.54) is 0 Å². The molecule has 72 valence electrons. The third kappa shape index (κ3) is 1.27. The first-order chi connectivity index (χ1) is 7.45. The van der Waals surface area contributed by atoms with Gasteiger partial charge >= 0.3 is 0 Å². The first-order valence-corrected chi connectivity index (χ1v) is 4.64. The smallest absolute Gasteiger partial charge is 0.162 e. The molecule has 0 saturated carbocycles. The lowest BCUT2D eigenvalue weighted by molar-refractivity contribution is 0.939. The fourth-order valence-corrected chi connectivity index (χ4v) is 1.55. The predicted molar refractivity (Wildman–Crippen MR) is 56.2 cm³/mol. The number of rotatable bonds is 1. The van der Waals surface area contributed by atoms with Crippen molar-refractivity contribution >= 4 is 5.65 Å². The zero-order valence-corrected chi connectivity index (χ0v) is 7.91. The Morgan fingerprint density at radius 2 is 2.07 bits per heavy atom. The summed E-state index contributed by atoms with van der Waals surface area (Å²) in [6.45, 7) is 0. The van der Waals surface area contributed by atoms with E-state index < -0.39 is 0 Å². The first kappa shape index (κ1) is 8.11. The van der Waals surface area contributed by atoms with Crippen LogP contribution in [0.5, 0.6) is 0 Å². The molecule has 0 aliphatic rings. The second-order valence-electron chi connectivity index (χ2n) is 3.19. The molecule has 0 fully saturated rings. The van der Waals surface area contributed by atoms with E-state index in [-0.39, 0.29) is 0 Å². The van der Waals surface area contributed by atoms with Crippen LogP contribution in [0.15, 0.2) is 49.2 Å². The lowest BCUT2D eigenvalue weighted by atomic mass is 10.1. The molecule has 3 rings (SSSR count). The summed E-state index contributed by atoms with van der Waals surface area (Å²) in [4.78, 5) is 8.37. The van der Waals surface area contributed by atoms with Crippen LogP contribution in [-0.4, -0.2) is 19.6 Å². The normalized spacial score (nSPS) is 10.7. The van der Waals surface area contributed by atoms with Crippen molar-refractivity contribution in [1.29, 1.82) is 0 Å². The Morgan fingerprint density at radius 1 is 1.07 bits per heavy atom. The summed E-state index contributed by atoms with van der Waals surface area (Å²) < 4.78 is 1.75. The van der Waals surface area contributed by atoms with Gasteiger partial charge in [0, 0.05) is 35.9 Å². The number of aromatic nitrogens is 4. The zero-order chi connectivity index (χ0) is 10.1. The summed E-state index contributed by atoms with van der Waals surface area (Å²) in [5.41, 5.74) is 2.89. The monoisotopic (exact) mass is 196 g/mol. The molecule has 0 aromatic carbocycles. The highest BCUT2D eigenvalue weighted by molar-refractivity contribution is 5.75. The van der Waals surface area contributed by atoms with Crippen LogP contribution in [0.4, 0.5) is 0 Å². The molecule has 3 heterocycles. The summed E-state index contributed by atoms with van der Waals surface area (Å²) in [6.07, 6.45) is 9.01. The first-order valence-electron chi connectivity index (χ1n) is 4.64. The number of nitrogens with zero attached hydrogens (tertiary/aromatic N) is 4. The Balaban J connectivity index is 2.28.